The maximum absolute atomic E-state index is 6.33. The van der Waals surface area contributed by atoms with Gasteiger partial charge in [-0.2, -0.15) is 0 Å². The quantitative estimate of drug-likeness (QED) is 0.719. The van der Waals surface area contributed by atoms with Crippen molar-refractivity contribution in [1.29, 1.82) is 0 Å². The number of benzene rings is 3. The Morgan fingerprint density at radius 3 is 2.30 bits per heavy atom. The van der Waals surface area contributed by atoms with Gasteiger partial charge < -0.3 is 14.2 Å². The van der Waals surface area contributed by atoms with E-state index >= 15 is 0 Å². The van der Waals surface area contributed by atoms with Crippen molar-refractivity contribution >= 4 is 10.8 Å². The van der Waals surface area contributed by atoms with E-state index in [2.05, 4.69) is 18.2 Å². The normalized spacial score (nSPS) is 23.1. The van der Waals surface area contributed by atoms with Crippen LogP contribution in [0.1, 0.15) is 23.0 Å². The standard InChI is InChI=1S/C20H18O3/c1-21-19-16-12-6-8-14-9-7-13-17(18(14)16)20(22-2,23-19)15-10-4-3-5-11-15/h3-13,19H,1-2H3. The van der Waals surface area contributed by atoms with Gasteiger partial charge in [-0.3, -0.25) is 0 Å². The molecule has 0 fully saturated rings. The van der Waals surface area contributed by atoms with Crippen LogP contribution >= 0.6 is 0 Å². The molecule has 0 saturated carbocycles. The fourth-order valence-corrected chi connectivity index (χ4v) is 3.45. The van der Waals surface area contributed by atoms with Crippen LogP contribution in [0.3, 0.4) is 0 Å². The maximum Gasteiger partial charge on any atom is 0.225 e. The Hall–Kier alpha value is -2.20. The van der Waals surface area contributed by atoms with Gasteiger partial charge in [-0.25, -0.2) is 0 Å². The van der Waals surface area contributed by atoms with Gasteiger partial charge in [-0.1, -0.05) is 66.7 Å². The molecule has 1 aliphatic rings. The van der Waals surface area contributed by atoms with E-state index in [-0.39, 0.29) is 0 Å². The van der Waals surface area contributed by atoms with Gasteiger partial charge in [0, 0.05) is 30.9 Å². The summed E-state index contributed by atoms with van der Waals surface area (Å²) < 4.78 is 17.9. The lowest BCUT2D eigenvalue weighted by Crippen LogP contribution is -2.38. The minimum atomic E-state index is -0.976. The molecule has 0 bridgehead atoms. The van der Waals surface area contributed by atoms with Crippen LogP contribution in [0, 0.1) is 0 Å². The summed E-state index contributed by atoms with van der Waals surface area (Å²) in [5, 5.41) is 2.29. The van der Waals surface area contributed by atoms with Crippen LogP contribution in [0.5, 0.6) is 0 Å². The molecule has 0 saturated heterocycles. The first-order valence-electron chi connectivity index (χ1n) is 7.63. The third-order valence-corrected chi connectivity index (χ3v) is 4.47. The number of rotatable bonds is 3. The molecule has 0 aliphatic carbocycles. The molecule has 4 rings (SSSR count). The highest BCUT2D eigenvalue weighted by atomic mass is 16.8. The van der Waals surface area contributed by atoms with Crippen LogP contribution in [0.15, 0.2) is 66.7 Å². The molecule has 23 heavy (non-hydrogen) atoms. The van der Waals surface area contributed by atoms with E-state index < -0.39 is 12.1 Å². The first-order chi connectivity index (χ1) is 11.3. The molecule has 0 radical (unpaired) electrons. The van der Waals surface area contributed by atoms with Crippen molar-refractivity contribution in [2.45, 2.75) is 12.1 Å². The average Bonchev–Trinajstić information content (AvgIpc) is 2.63. The van der Waals surface area contributed by atoms with Crippen LogP contribution in [-0.4, -0.2) is 14.2 Å². The van der Waals surface area contributed by atoms with Gasteiger partial charge in [0.15, 0.2) is 6.29 Å². The lowest BCUT2D eigenvalue weighted by Gasteiger charge is -2.41. The molecule has 2 unspecified atom stereocenters. The molecular formula is C20H18O3. The highest BCUT2D eigenvalue weighted by Gasteiger charge is 2.44. The van der Waals surface area contributed by atoms with E-state index in [9.17, 15) is 0 Å². The van der Waals surface area contributed by atoms with Crippen molar-refractivity contribution < 1.29 is 14.2 Å². The Labute approximate surface area is 135 Å². The van der Waals surface area contributed by atoms with Crippen molar-refractivity contribution in [3.63, 3.8) is 0 Å². The maximum atomic E-state index is 6.33. The summed E-state index contributed by atoms with van der Waals surface area (Å²) in [4.78, 5) is 0. The van der Waals surface area contributed by atoms with E-state index in [1.54, 1.807) is 14.2 Å². The number of hydrogen-bond acceptors (Lipinski definition) is 3. The van der Waals surface area contributed by atoms with E-state index in [1.807, 2.05) is 48.5 Å². The Bertz CT molecular complexity index is 839. The Morgan fingerprint density at radius 2 is 1.61 bits per heavy atom. The second-order valence-electron chi connectivity index (χ2n) is 5.62. The van der Waals surface area contributed by atoms with Gasteiger partial charge in [0.2, 0.25) is 5.79 Å². The summed E-state index contributed by atoms with van der Waals surface area (Å²) in [6, 6.07) is 22.4. The molecule has 0 N–H and O–H groups in total. The van der Waals surface area contributed by atoms with E-state index in [0.29, 0.717) is 0 Å². The highest BCUT2D eigenvalue weighted by Crippen LogP contribution is 2.48. The van der Waals surface area contributed by atoms with E-state index in [1.165, 1.54) is 0 Å². The van der Waals surface area contributed by atoms with Crippen LogP contribution in [0.4, 0.5) is 0 Å². The number of hydrogen-bond donors (Lipinski definition) is 0. The molecule has 1 heterocycles. The predicted molar refractivity (Wildman–Crippen MR) is 89.0 cm³/mol. The summed E-state index contributed by atoms with van der Waals surface area (Å²) in [7, 11) is 3.33. The molecule has 0 amide bonds. The molecule has 0 spiro atoms. The van der Waals surface area contributed by atoms with Crippen molar-refractivity contribution in [3.05, 3.63) is 83.4 Å². The Balaban J connectivity index is 2.09. The minimum Gasteiger partial charge on any atom is -0.351 e. The third kappa shape index (κ3) is 2.01. The summed E-state index contributed by atoms with van der Waals surface area (Å²) >= 11 is 0. The molecule has 2 atom stereocenters. The first-order valence-corrected chi connectivity index (χ1v) is 7.63. The van der Waals surface area contributed by atoms with E-state index in [0.717, 1.165) is 27.5 Å². The van der Waals surface area contributed by atoms with Gasteiger partial charge in [-0.05, 0) is 10.8 Å². The summed E-state index contributed by atoms with van der Waals surface area (Å²) in [6.45, 7) is 0. The first kappa shape index (κ1) is 14.4. The molecule has 0 aromatic heterocycles. The van der Waals surface area contributed by atoms with Crippen molar-refractivity contribution in [1.82, 2.24) is 0 Å². The zero-order chi connectivity index (χ0) is 15.9. The summed E-state index contributed by atoms with van der Waals surface area (Å²) in [5.41, 5.74) is 2.99. The monoisotopic (exact) mass is 306 g/mol. The topological polar surface area (TPSA) is 27.7 Å². The van der Waals surface area contributed by atoms with Gasteiger partial charge >= 0.3 is 0 Å². The smallest absolute Gasteiger partial charge is 0.225 e. The number of methoxy groups -OCH3 is 2. The Kier molecular flexibility index (Phi) is 3.42. The molecule has 3 heteroatoms. The van der Waals surface area contributed by atoms with Crippen LogP contribution < -0.4 is 0 Å². The fraction of sp³-hybridized carbons (Fsp3) is 0.200. The summed E-state index contributed by atoms with van der Waals surface area (Å²) in [5.74, 6) is -0.976. The van der Waals surface area contributed by atoms with Gasteiger partial charge in [-0.15, -0.1) is 0 Å². The zero-order valence-electron chi connectivity index (χ0n) is 13.2. The van der Waals surface area contributed by atoms with Gasteiger partial charge in [0.1, 0.15) is 0 Å². The van der Waals surface area contributed by atoms with Crippen molar-refractivity contribution in [2.24, 2.45) is 0 Å². The third-order valence-electron chi connectivity index (χ3n) is 4.47. The van der Waals surface area contributed by atoms with Gasteiger partial charge in [0.05, 0.1) is 0 Å². The fourth-order valence-electron chi connectivity index (χ4n) is 3.45. The molecule has 3 aromatic carbocycles. The van der Waals surface area contributed by atoms with Gasteiger partial charge in [0.25, 0.3) is 0 Å². The molecular weight excluding hydrogens is 288 g/mol. The summed E-state index contributed by atoms with van der Waals surface area (Å²) in [6.07, 6.45) is -0.478. The van der Waals surface area contributed by atoms with Crippen LogP contribution in [-0.2, 0) is 20.0 Å². The Morgan fingerprint density at radius 1 is 0.870 bits per heavy atom. The van der Waals surface area contributed by atoms with Crippen molar-refractivity contribution in [2.75, 3.05) is 14.2 Å². The lowest BCUT2D eigenvalue weighted by molar-refractivity contribution is -0.290. The van der Waals surface area contributed by atoms with E-state index in [4.69, 9.17) is 14.2 Å². The predicted octanol–water partition coefficient (Wildman–Crippen LogP) is 4.36. The zero-order valence-corrected chi connectivity index (χ0v) is 13.2. The molecule has 116 valence electrons. The SMILES string of the molecule is COC1OC(OC)(c2ccccc2)c2cccc3cccc1c23. The van der Waals surface area contributed by atoms with Crippen molar-refractivity contribution in [3.8, 4) is 0 Å². The lowest BCUT2D eigenvalue weighted by atomic mass is 9.87. The average molecular weight is 306 g/mol. The molecule has 3 nitrogen and oxygen atoms in total. The second-order valence-corrected chi connectivity index (χ2v) is 5.62. The molecule has 1 aliphatic heterocycles. The second kappa shape index (κ2) is 5.46. The van der Waals surface area contributed by atoms with Crippen LogP contribution in [0.25, 0.3) is 10.8 Å². The molecule has 3 aromatic rings. The highest BCUT2D eigenvalue weighted by molar-refractivity contribution is 5.90. The van der Waals surface area contributed by atoms with Crippen LogP contribution in [0.2, 0.25) is 0 Å². The largest absolute Gasteiger partial charge is 0.351 e. The number of ether oxygens (including phenoxy) is 3. The minimum absolute atomic E-state index is 0.478.